The predicted molar refractivity (Wildman–Crippen MR) is 198 cm³/mol. The van der Waals surface area contributed by atoms with Gasteiger partial charge in [-0.25, -0.2) is 4.98 Å². The maximum atomic E-state index is 5.11. The van der Waals surface area contributed by atoms with Crippen LogP contribution in [0.1, 0.15) is 0 Å². The normalized spacial score (nSPS) is 13.2. The largest absolute Gasteiger partial charge is 0.311 e. The Hall–Kier alpha value is -5.97. The van der Waals surface area contributed by atoms with Gasteiger partial charge in [0.15, 0.2) is 8.07 Å². The third-order valence-corrected chi connectivity index (χ3v) is 14.3. The number of benzene rings is 7. The van der Waals surface area contributed by atoms with Gasteiger partial charge in [-0.2, -0.15) is 0 Å². The molecule has 47 heavy (non-hydrogen) atoms. The Kier molecular flexibility index (Phi) is 6.47. The molecule has 0 bridgehead atoms. The third kappa shape index (κ3) is 4.23. The zero-order valence-corrected chi connectivity index (χ0v) is 26.7. The summed E-state index contributed by atoms with van der Waals surface area (Å²) >= 11 is 0. The zero-order valence-electron chi connectivity index (χ0n) is 25.7. The summed E-state index contributed by atoms with van der Waals surface area (Å²) in [6, 6.07) is 68.2. The highest BCUT2D eigenvalue weighted by Gasteiger charge is 2.48. The maximum absolute atomic E-state index is 5.11. The van der Waals surface area contributed by atoms with Gasteiger partial charge in [-0.3, -0.25) is 4.57 Å². The molecule has 4 heteroatoms. The first kappa shape index (κ1) is 27.3. The van der Waals surface area contributed by atoms with Crippen molar-refractivity contribution in [3.8, 4) is 17.1 Å². The second kappa shape index (κ2) is 11.1. The molecule has 222 valence electrons. The smallest absolute Gasteiger partial charge is 0.184 e. The van der Waals surface area contributed by atoms with Crippen LogP contribution in [0.25, 0.3) is 28.1 Å². The van der Waals surface area contributed by atoms with Crippen LogP contribution in [-0.2, 0) is 0 Å². The monoisotopic (exact) mass is 617 g/mol. The molecule has 0 saturated carbocycles. The number of fused-ring (bicyclic) bond motifs is 3. The highest BCUT2D eigenvalue weighted by atomic mass is 28.3. The summed E-state index contributed by atoms with van der Waals surface area (Å²) in [5.74, 6) is 0.933. The highest BCUT2D eigenvalue weighted by molar-refractivity contribution is 7.21. The van der Waals surface area contributed by atoms with Crippen molar-refractivity contribution in [2.24, 2.45) is 0 Å². The van der Waals surface area contributed by atoms with Gasteiger partial charge in [-0.05, 0) is 81.4 Å². The molecule has 0 aliphatic carbocycles. The minimum absolute atomic E-state index is 0.933. The number of hydrogen-bond acceptors (Lipinski definition) is 2. The van der Waals surface area contributed by atoms with Crippen LogP contribution in [0.2, 0.25) is 0 Å². The molecule has 7 aromatic carbocycles. The van der Waals surface area contributed by atoms with E-state index in [1.165, 1.54) is 32.1 Å². The average Bonchev–Trinajstić information content (AvgIpc) is 3.55. The molecule has 0 fully saturated rings. The maximum Gasteiger partial charge on any atom is 0.184 e. The van der Waals surface area contributed by atoms with E-state index in [1.807, 2.05) is 0 Å². The molecule has 9 rings (SSSR count). The standard InChI is InChI=1S/C43H31N3Si/c1-4-16-33(17-5-1)46-38-23-11-10-22-37(38)44-43(46)32-28-30-34(31-29-32)45-39-24-12-14-26-41(39)47(35-18-6-2-7-19-35,36-20-8-3-9-21-36)42-27-15-13-25-40(42)45/h1-31H. The molecule has 0 N–H and O–H groups in total. The Morgan fingerprint density at radius 2 is 0.894 bits per heavy atom. The molecule has 0 spiro atoms. The molecule has 0 atom stereocenters. The van der Waals surface area contributed by atoms with Gasteiger partial charge in [0, 0.05) is 28.3 Å². The number of aromatic nitrogens is 2. The topological polar surface area (TPSA) is 21.1 Å². The summed E-state index contributed by atoms with van der Waals surface area (Å²) in [5, 5.41) is 5.57. The molecule has 8 aromatic rings. The second-order valence-corrected chi connectivity index (χ2v) is 15.7. The van der Waals surface area contributed by atoms with Gasteiger partial charge in [-0.15, -0.1) is 0 Å². The van der Waals surface area contributed by atoms with Crippen molar-refractivity contribution < 1.29 is 0 Å². The van der Waals surface area contributed by atoms with Crippen LogP contribution in [0, 0.1) is 0 Å². The van der Waals surface area contributed by atoms with Gasteiger partial charge >= 0.3 is 0 Å². The molecule has 2 heterocycles. The van der Waals surface area contributed by atoms with Crippen LogP contribution in [0.4, 0.5) is 17.1 Å². The third-order valence-electron chi connectivity index (χ3n) is 9.47. The molecule has 1 aromatic heterocycles. The summed E-state index contributed by atoms with van der Waals surface area (Å²) in [4.78, 5) is 7.56. The number of anilines is 3. The number of hydrogen-bond donors (Lipinski definition) is 0. The van der Waals surface area contributed by atoms with Crippen molar-refractivity contribution in [1.29, 1.82) is 0 Å². The summed E-state index contributed by atoms with van der Waals surface area (Å²) in [5.41, 5.74) is 7.84. The summed E-state index contributed by atoms with van der Waals surface area (Å²) in [6.07, 6.45) is 0. The molecule has 1 aliphatic rings. The van der Waals surface area contributed by atoms with E-state index in [-0.39, 0.29) is 0 Å². The Morgan fingerprint density at radius 3 is 1.49 bits per heavy atom. The molecule has 0 saturated heterocycles. The lowest BCUT2D eigenvalue weighted by Gasteiger charge is -2.45. The van der Waals surface area contributed by atoms with Crippen LogP contribution < -0.4 is 25.6 Å². The first-order valence-electron chi connectivity index (χ1n) is 16.1. The van der Waals surface area contributed by atoms with E-state index in [9.17, 15) is 0 Å². The van der Waals surface area contributed by atoms with Crippen molar-refractivity contribution in [3.63, 3.8) is 0 Å². The van der Waals surface area contributed by atoms with E-state index in [0.717, 1.165) is 33.8 Å². The number of rotatable bonds is 5. The van der Waals surface area contributed by atoms with Crippen molar-refractivity contribution in [1.82, 2.24) is 9.55 Å². The molecular formula is C43H31N3Si. The van der Waals surface area contributed by atoms with Gasteiger partial charge in [0.05, 0.1) is 11.0 Å². The highest BCUT2D eigenvalue weighted by Crippen LogP contribution is 2.39. The van der Waals surface area contributed by atoms with Gasteiger partial charge in [0.2, 0.25) is 0 Å². The van der Waals surface area contributed by atoms with Crippen LogP contribution in [0.15, 0.2) is 188 Å². The predicted octanol–water partition coefficient (Wildman–Crippen LogP) is 7.85. The van der Waals surface area contributed by atoms with Crippen molar-refractivity contribution in [2.45, 2.75) is 0 Å². The van der Waals surface area contributed by atoms with Crippen molar-refractivity contribution in [3.05, 3.63) is 188 Å². The van der Waals surface area contributed by atoms with E-state index in [0.29, 0.717) is 0 Å². The van der Waals surface area contributed by atoms with Gasteiger partial charge in [-0.1, -0.05) is 127 Å². The number of imidazole rings is 1. The summed E-state index contributed by atoms with van der Waals surface area (Å²) in [7, 11) is -2.63. The molecule has 1 aliphatic heterocycles. The number of nitrogens with zero attached hydrogens (tertiary/aromatic N) is 3. The quantitative estimate of drug-likeness (QED) is 0.184. The summed E-state index contributed by atoms with van der Waals surface area (Å²) in [6.45, 7) is 0. The Morgan fingerprint density at radius 1 is 0.404 bits per heavy atom. The average molecular weight is 618 g/mol. The van der Waals surface area contributed by atoms with E-state index < -0.39 is 8.07 Å². The Balaban J connectivity index is 1.24. The SMILES string of the molecule is c1ccc(-n2c(-c3ccc(N4c5ccccc5[Si](c5ccccc5)(c5ccccc5)c5ccccc54)cc3)nc3ccccc32)cc1. The van der Waals surface area contributed by atoms with E-state index in [4.69, 9.17) is 4.98 Å². The molecule has 0 unspecified atom stereocenters. The Labute approximate surface area is 275 Å². The fourth-order valence-corrected chi connectivity index (χ4v) is 12.6. The number of para-hydroxylation sites is 5. The Bertz CT molecular complexity index is 2260. The first-order chi connectivity index (χ1) is 23.3. The van der Waals surface area contributed by atoms with Crippen LogP contribution in [-0.4, -0.2) is 17.6 Å². The van der Waals surface area contributed by atoms with Crippen molar-refractivity contribution in [2.75, 3.05) is 4.90 Å². The molecule has 0 amide bonds. The molecule has 0 radical (unpaired) electrons. The first-order valence-corrected chi connectivity index (χ1v) is 18.1. The van der Waals surface area contributed by atoms with Crippen LogP contribution in [0.5, 0.6) is 0 Å². The molecule has 3 nitrogen and oxygen atoms in total. The zero-order chi connectivity index (χ0) is 31.2. The minimum atomic E-state index is -2.63. The fourth-order valence-electron chi connectivity index (χ4n) is 7.51. The van der Waals surface area contributed by atoms with Gasteiger partial charge < -0.3 is 4.90 Å². The van der Waals surface area contributed by atoms with Gasteiger partial charge in [0.25, 0.3) is 0 Å². The van der Waals surface area contributed by atoms with E-state index >= 15 is 0 Å². The lowest BCUT2D eigenvalue weighted by atomic mass is 10.1. The van der Waals surface area contributed by atoms with E-state index in [2.05, 4.69) is 198 Å². The van der Waals surface area contributed by atoms with Crippen LogP contribution in [0.3, 0.4) is 0 Å². The van der Waals surface area contributed by atoms with Crippen molar-refractivity contribution >= 4 is 56.9 Å². The lowest BCUT2D eigenvalue weighted by molar-refractivity contribution is 1.10. The molecular weight excluding hydrogens is 587 g/mol. The fraction of sp³-hybridized carbons (Fsp3) is 0. The lowest BCUT2D eigenvalue weighted by Crippen LogP contribution is -2.77. The van der Waals surface area contributed by atoms with E-state index in [1.54, 1.807) is 0 Å². The minimum Gasteiger partial charge on any atom is -0.311 e. The van der Waals surface area contributed by atoms with Crippen LogP contribution >= 0.6 is 0 Å². The summed E-state index contributed by atoms with van der Waals surface area (Å²) < 4.78 is 2.26. The van der Waals surface area contributed by atoms with Gasteiger partial charge in [0.1, 0.15) is 5.82 Å². The second-order valence-electron chi connectivity index (χ2n) is 12.0.